The summed E-state index contributed by atoms with van der Waals surface area (Å²) in [5.41, 5.74) is -0.00361. The topological polar surface area (TPSA) is 34.9 Å². The summed E-state index contributed by atoms with van der Waals surface area (Å²) < 4.78 is 2.51. The van der Waals surface area contributed by atoms with Gasteiger partial charge in [-0.05, 0) is 36.6 Å². The number of halogens is 1. The van der Waals surface area contributed by atoms with Crippen LogP contribution in [0.3, 0.4) is 0 Å². The summed E-state index contributed by atoms with van der Waals surface area (Å²) in [4.78, 5) is 12.1. The van der Waals surface area contributed by atoms with Gasteiger partial charge in [0, 0.05) is 16.4 Å². The summed E-state index contributed by atoms with van der Waals surface area (Å²) in [6, 6.07) is 5.64. The van der Waals surface area contributed by atoms with E-state index in [4.69, 9.17) is 0 Å². The Hall–Kier alpha value is -0.810. The standard InChI is InChI=1S/C12H13BrN2OS/c1-17-6-2-5-15-12(16)11-4-3-10(13)7-9(11)8-14-15/h3-4,7-8H,2,5-6H2,1H3. The molecule has 5 heteroatoms. The summed E-state index contributed by atoms with van der Waals surface area (Å²) in [5, 5.41) is 5.80. The number of aromatic nitrogens is 2. The Balaban J connectivity index is 2.37. The minimum absolute atomic E-state index is 0.00361. The number of thioether (sulfide) groups is 1. The number of benzene rings is 1. The lowest BCUT2D eigenvalue weighted by Gasteiger charge is -2.05. The van der Waals surface area contributed by atoms with Crippen molar-refractivity contribution in [1.82, 2.24) is 9.78 Å². The smallest absolute Gasteiger partial charge is 0.267 e. The molecule has 0 radical (unpaired) electrons. The summed E-state index contributed by atoms with van der Waals surface area (Å²) in [7, 11) is 0. The second-order valence-corrected chi connectivity index (χ2v) is 5.65. The van der Waals surface area contributed by atoms with Crippen LogP contribution in [-0.2, 0) is 6.54 Å². The van der Waals surface area contributed by atoms with Gasteiger partial charge in [-0.15, -0.1) is 0 Å². The van der Waals surface area contributed by atoms with Crippen molar-refractivity contribution in [1.29, 1.82) is 0 Å². The highest BCUT2D eigenvalue weighted by Gasteiger charge is 2.03. The lowest BCUT2D eigenvalue weighted by molar-refractivity contribution is 0.577. The molecule has 1 aromatic carbocycles. The third-order valence-electron chi connectivity index (χ3n) is 2.53. The van der Waals surface area contributed by atoms with Crippen LogP contribution in [0.25, 0.3) is 10.8 Å². The molecule has 0 bridgehead atoms. The lowest BCUT2D eigenvalue weighted by atomic mass is 10.2. The molecule has 0 amide bonds. The predicted molar refractivity (Wildman–Crippen MR) is 76.7 cm³/mol. The van der Waals surface area contributed by atoms with E-state index in [0.717, 1.165) is 27.4 Å². The molecule has 0 spiro atoms. The van der Waals surface area contributed by atoms with E-state index in [1.807, 2.05) is 18.2 Å². The second kappa shape index (κ2) is 5.69. The van der Waals surface area contributed by atoms with Gasteiger partial charge in [0.25, 0.3) is 5.56 Å². The molecule has 1 heterocycles. The van der Waals surface area contributed by atoms with Crippen LogP contribution in [0, 0.1) is 0 Å². The van der Waals surface area contributed by atoms with Crippen LogP contribution in [-0.4, -0.2) is 21.8 Å². The van der Waals surface area contributed by atoms with Crippen molar-refractivity contribution in [2.24, 2.45) is 0 Å². The molecule has 0 aliphatic heterocycles. The predicted octanol–water partition coefficient (Wildman–Crippen LogP) is 2.91. The molecular weight excluding hydrogens is 300 g/mol. The van der Waals surface area contributed by atoms with Gasteiger partial charge >= 0.3 is 0 Å². The molecule has 0 aliphatic carbocycles. The molecule has 17 heavy (non-hydrogen) atoms. The molecular formula is C12H13BrN2OS. The van der Waals surface area contributed by atoms with Crippen LogP contribution in [0.1, 0.15) is 6.42 Å². The van der Waals surface area contributed by atoms with Crippen LogP contribution in [0.4, 0.5) is 0 Å². The van der Waals surface area contributed by atoms with E-state index < -0.39 is 0 Å². The molecule has 3 nitrogen and oxygen atoms in total. The minimum Gasteiger partial charge on any atom is -0.267 e. The Morgan fingerprint density at radius 3 is 3.06 bits per heavy atom. The molecule has 0 atom stereocenters. The molecule has 0 saturated carbocycles. The average molecular weight is 313 g/mol. The number of aryl methyl sites for hydroxylation is 1. The Bertz CT molecular complexity index is 582. The number of hydrogen-bond acceptors (Lipinski definition) is 3. The van der Waals surface area contributed by atoms with E-state index in [9.17, 15) is 4.79 Å². The van der Waals surface area contributed by atoms with E-state index in [1.54, 1.807) is 22.6 Å². The number of nitrogens with zero attached hydrogens (tertiary/aromatic N) is 2. The van der Waals surface area contributed by atoms with Crippen LogP contribution >= 0.6 is 27.7 Å². The van der Waals surface area contributed by atoms with Crippen LogP contribution in [0.5, 0.6) is 0 Å². The van der Waals surface area contributed by atoms with E-state index >= 15 is 0 Å². The number of hydrogen-bond donors (Lipinski definition) is 0. The number of rotatable bonds is 4. The fraction of sp³-hybridized carbons (Fsp3) is 0.333. The highest BCUT2D eigenvalue weighted by Crippen LogP contribution is 2.15. The summed E-state index contributed by atoms with van der Waals surface area (Å²) in [6.45, 7) is 0.686. The first kappa shape index (κ1) is 12.6. The zero-order chi connectivity index (χ0) is 12.3. The third-order valence-corrected chi connectivity index (χ3v) is 3.72. The minimum atomic E-state index is -0.00361. The molecule has 0 unspecified atom stereocenters. The van der Waals surface area contributed by atoms with Crippen LogP contribution in [0.15, 0.2) is 33.7 Å². The van der Waals surface area contributed by atoms with Gasteiger partial charge in [-0.25, -0.2) is 4.68 Å². The van der Waals surface area contributed by atoms with Crippen molar-refractivity contribution in [2.75, 3.05) is 12.0 Å². The quantitative estimate of drug-likeness (QED) is 0.814. The largest absolute Gasteiger partial charge is 0.274 e. The Kier molecular flexibility index (Phi) is 4.23. The summed E-state index contributed by atoms with van der Waals surface area (Å²) in [5.74, 6) is 1.05. The molecule has 90 valence electrons. The molecule has 0 saturated heterocycles. The maximum atomic E-state index is 12.1. The molecule has 1 aromatic heterocycles. The van der Waals surface area contributed by atoms with E-state index in [2.05, 4.69) is 27.3 Å². The van der Waals surface area contributed by atoms with Crippen molar-refractivity contribution >= 4 is 38.5 Å². The molecule has 2 aromatic rings. The Morgan fingerprint density at radius 2 is 2.29 bits per heavy atom. The number of fused-ring (bicyclic) bond motifs is 1. The first-order valence-corrected chi connectivity index (χ1v) is 7.55. The normalized spacial score (nSPS) is 10.9. The van der Waals surface area contributed by atoms with Gasteiger partial charge in [0.1, 0.15) is 0 Å². The highest BCUT2D eigenvalue weighted by atomic mass is 79.9. The first-order valence-electron chi connectivity index (χ1n) is 5.36. The van der Waals surface area contributed by atoms with Crippen LogP contribution in [0.2, 0.25) is 0 Å². The van der Waals surface area contributed by atoms with Gasteiger partial charge in [0.15, 0.2) is 0 Å². The second-order valence-electron chi connectivity index (χ2n) is 3.75. The van der Waals surface area contributed by atoms with Crippen molar-refractivity contribution in [3.05, 3.63) is 39.2 Å². The van der Waals surface area contributed by atoms with Gasteiger partial charge in [0.2, 0.25) is 0 Å². The van der Waals surface area contributed by atoms with Crippen molar-refractivity contribution < 1.29 is 0 Å². The first-order chi connectivity index (χ1) is 8.22. The maximum absolute atomic E-state index is 12.1. The van der Waals surface area contributed by atoms with Gasteiger partial charge in [0.05, 0.1) is 11.6 Å². The fourth-order valence-corrected chi connectivity index (χ4v) is 2.47. The third kappa shape index (κ3) is 2.90. The lowest BCUT2D eigenvalue weighted by Crippen LogP contribution is -2.23. The van der Waals surface area contributed by atoms with Crippen molar-refractivity contribution in [3.63, 3.8) is 0 Å². The molecule has 0 N–H and O–H groups in total. The average Bonchev–Trinajstić information content (AvgIpc) is 2.32. The Morgan fingerprint density at radius 1 is 1.47 bits per heavy atom. The monoisotopic (exact) mass is 312 g/mol. The van der Waals surface area contributed by atoms with E-state index in [-0.39, 0.29) is 5.56 Å². The Labute approximate surface area is 112 Å². The summed E-state index contributed by atoms with van der Waals surface area (Å²) >= 11 is 5.17. The molecule has 2 rings (SSSR count). The zero-order valence-corrected chi connectivity index (χ0v) is 11.9. The van der Waals surface area contributed by atoms with Gasteiger partial charge in [-0.3, -0.25) is 4.79 Å². The molecule has 0 aliphatic rings. The highest BCUT2D eigenvalue weighted by molar-refractivity contribution is 9.10. The molecule has 0 fully saturated rings. The zero-order valence-electron chi connectivity index (χ0n) is 9.52. The van der Waals surface area contributed by atoms with E-state index in [1.165, 1.54) is 0 Å². The SMILES string of the molecule is CSCCCn1ncc2cc(Br)ccc2c1=O. The van der Waals surface area contributed by atoms with E-state index in [0.29, 0.717) is 6.54 Å². The van der Waals surface area contributed by atoms with Crippen molar-refractivity contribution in [3.8, 4) is 0 Å². The van der Waals surface area contributed by atoms with Gasteiger partial charge < -0.3 is 0 Å². The van der Waals surface area contributed by atoms with Crippen molar-refractivity contribution in [2.45, 2.75) is 13.0 Å². The maximum Gasteiger partial charge on any atom is 0.274 e. The van der Waals surface area contributed by atoms with Gasteiger partial charge in [-0.2, -0.15) is 16.9 Å². The summed E-state index contributed by atoms with van der Waals surface area (Å²) in [6.07, 6.45) is 4.78. The van der Waals surface area contributed by atoms with Gasteiger partial charge in [-0.1, -0.05) is 15.9 Å². The van der Waals surface area contributed by atoms with Crippen LogP contribution < -0.4 is 5.56 Å². The fourth-order valence-electron chi connectivity index (χ4n) is 1.68.